The molecule has 29 heavy (non-hydrogen) atoms. The van der Waals surface area contributed by atoms with Gasteiger partial charge in [0.25, 0.3) is 0 Å². The molecule has 0 radical (unpaired) electrons. The van der Waals surface area contributed by atoms with Crippen molar-refractivity contribution < 1.29 is 14.3 Å². The summed E-state index contributed by atoms with van der Waals surface area (Å²) < 4.78 is 15.8. The summed E-state index contributed by atoms with van der Waals surface area (Å²) in [5.41, 5.74) is 1.89. The summed E-state index contributed by atoms with van der Waals surface area (Å²) in [7, 11) is 0. The number of benzene rings is 2. The topological polar surface area (TPSA) is 61.6 Å². The Hall–Kier alpha value is -2.93. The molecule has 1 aliphatic carbocycles. The van der Waals surface area contributed by atoms with Crippen LogP contribution in [0.15, 0.2) is 48.7 Å². The van der Waals surface area contributed by atoms with Gasteiger partial charge in [-0.1, -0.05) is 31.0 Å². The summed E-state index contributed by atoms with van der Waals surface area (Å²) in [6.07, 6.45) is 4.87. The van der Waals surface area contributed by atoms with E-state index in [1.807, 2.05) is 23.1 Å². The highest BCUT2D eigenvalue weighted by molar-refractivity contribution is 6.03. The van der Waals surface area contributed by atoms with Crippen molar-refractivity contribution >= 4 is 22.6 Å². The van der Waals surface area contributed by atoms with E-state index in [1.165, 1.54) is 6.07 Å². The molecule has 7 heteroatoms. The fourth-order valence-electron chi connectivity index (χ4n) is 4.63. The van der Waals surface area contributed by atoms with E-state index >= 15 is 0 Å². The second kappa shape index (κ2) is 7.15. The fraction of sp³-hybridized carbons (Fsp3) is 0.364. The SMILES string of the molecule is O=C1N(c2cccc3c2cnn3-c2ccccc2F)CCN1[C@H]1CCCC[C@@H]1O. The van der Waals surface area contributed by atoms with Gasteiger partial charge in [0.15, 0.2) is 0 Å². The highest BCUT2D eigenvalue weighted by Gasteiger charge is 2.39. The third-order valence-electron chi connectivity index (χ3n) is 6.10. The number of rotatable bonds is 3. The highest BCUT2D eigenvalue weighted by atomic mass is 19.1. The first-order valence-corrected chi connectivity index (χ1v) is 10.1. The average Bonchev–Trinajstić information content (AvgIpc) is 3.33. The van der Waals surface area contributed by atoms with Crippen LogP contribution in [-0.2, 0) is 0 Å². The van der Waals surface area contributed by atoms with Gasteiger partial charge in [-0.3, -0.25) is 4.90 Å². The first-order valence-electron chi connectivity index (χ1n) is 10.1. The van der Waals surface area contributed by atoms with Gasteiger partial charge in [0.1, 0.15) is 11.5 Å². The normalized spacial score (nSPS) is 22.6. The molecule has 6 nitrogen and oxygen atoms in total. The molecule has 0 bridgehead atoms. The summed E-state index contributed by atoms with van der Waals surface area (Å²) in [5, 5.41) is 15.6. The van der Waals surface area contributed by atoms with E-state index in [1.54, 1.807) is 34.0 Å². The number of para-hydroxylation sites is 1. The number of nitrogens with zero attached hydrogens (tertiary/aromatic N) is 4. The van der Waals surface area contributed by atoms with Crippen LogP contribution in [0, 0.1) is 5.82 Å². The molecule has 2 fully saturated rings. The molecular weight excluding hydrogens is 371 g/mol. The Morgan fingerprint density at radius 1 is 1.00 bits per heavy atom. The number of hydrogen-bond donors (Lipinski definition) is 1. The first-order chi connectivity index (χ1) is 14.1. The Morgan fingerprint density at radius 2 is 1.79 bits per heavy atom. The lowest BCUT2D eigenvalue weighted by Gasteiger charge is -2.34. The minimum atomic E-state index is -0.452. The molecule has 0 unspecified atom stereocenters. The number of carbonyl (C=O) groups is 1. The smallest absolute Gasteiger partial charge is 0.324 e. The summed E-state index contributed by atoms with van der Waals surface area (Å²) in [6, 6.07) is 12.0. The minimum Gasteiger partial charge on any atom is -0.391 e. The third-order valence-corrected chi connectivity index (χ3v) is 6.10. The Kier molecular flexibility index (Phi) is 4.47. The Bertz CT molecular complexity index is 1070. The average molecular weight is 394 g/mol. The standard InChI is InChI=1S/C22H23FN4O2/c23-16-6-1-2-7-19(16)27-18-10-5-9-17(15(18)14-24-27)25-12-13-26(22(25)29)20-8-3-4-11-21(20)28/h1-2,5-7,9-10,14,20-21,28H,3-4,8,11-13H2/t20-,21-/m0/s1. The number of aromatic nitrogens is 2. The number of amides is 2. The summed E-state index contributed by atoms with van der Waals surface area (Å²) >= 11 is 0. The molecule has 2 aliphatic rings. The van der Waals surface area contributed by atoms with Crippen molar-refractivity contribution in [3.05, 3.63) is 54.5 Å². The molecule has 1 aromatic heterocycles. The van der Waals surface area contributed by atoms with Crippen LogP contribution < -0.4 is 4.90 Å². The predicted octanol–water partition coefficient (Wildman–Crippen LogP) is 3.71. The van der Waals surface area contributed by atoms with Crippen molar-refractivity contribution in [2.45, 2.75) is 37.8 Å². The van der Waals surface area contributed by atoms with Crippen molar-refractivity contribution in [2.75, 3.05) is 18.0 Å². The molecule has 2 amide bonds. The number of urea groups is 1. The van der Waals surface area contributed by atoms with Crippen molar-refractivity contribution in [1.82, 2.24) is 14.7 Å². The summed E-state index contributed by atoms with van der Waals surface area (Å²) in [4.78, 5) is 16.7. The molecule has 1 N–H and O–H groups in total. The van der Waals surface area contributed by atoms with Crippen molar-refractivity contribution in [3.63, 3.8) is 0 Å². The number of aliphatic hydroxyl groups excluding tert-OH is 1. The van der Waals surface area contributed by atoms with Crippen LogP contribution >= 0.6 is 0 Å². The van der Waals surface area contributed by atoms with Gasteiger partial charge in [-0.15, -0.1) is 0 Å². The van der Waals surface area contributed by atoms with Crippen LogP contribution in [-0.4, -0.2) is 51.1 Å². The molecular formula is C22H23FN4O2. The number of hydrogen-bond acceptors (Lipinski definition) is 3. The summed E-state index contributed by atoms with van der Waals surface area (Å²) in [5.74, 6) is -0.349. The van der Waals surface area contributed by atoms with Crippen molar-refractivity contribution in [2.24, 2.45) is 0 Å². The molecule has 1 saturated carbocycles. The molecule has 2 atom stereocenters. The maximum absolute atomic E-state index is 14.3. The molecule has 0 spiro atoms. The lowest BCUT2D eigenvalue weighted by molar-refractivity contribution is 0.0455. The van der Waals surface area contributed by atoms with Crippen LogP contribution in [0.25, 0.3) is 16.6 Å². The van der Waals surface area contributed by atoms with Crippen LogP contribution in [0.1, 0.15) is 25.7 Å². The zero-order valence-corrected chi connectivity index (χ0v) is 16.0. The predicted molar refractivity (Wildman–Crippen MR) is 109 cm³/mol. The zero-order chi connectivity index (χ0) is 20.0. The molecule has 1 aliphatic heterocycles. The maximum atomic E-state index is 14.3. The number of halogens is 1. The minimum absolute atomic E-state index is 0.0814. The van der Waals surface area contributed by atoms with Crippen LogP contribution in [0.3, 0.4) is 0 Å². The van der Waals surface area contributed by atoms with Gasteiger partial charge in [0.05, 0.1) is 29.5 Å². The summed E-state index contributed by atoms with van der Waals surface area (Å²) in [6.45, 7) is 1.16. The van der Waals surface area contributed by atoms with E-state index < -0.39 is 6.10 Å². The maximum Gasteiger partial charge on any atom is 0.324 e. The van der Waals surface area contributed by atoms with Crippen LogP contribution in [0.2, 0.25) is 0 Å². The highest BCUT2D eigenvalue weighted by Crippen LogP contribution is 2.33. The molecule has 3 aromatic rings. The lowest BCUT2D eigenvalue weighted by Crippen LogP contribution is -2.47. The molecule has 1 saturated heterocycles. The Morgan fingerprint density at radius 3 is 2.62 bits per heavy atom. The number of carbonyl (C=O) groups excluding carboxylic acids is 1. The van der Waals surface area contributed by atoms with Gasteiger partial charge in [-0.25, -0.2) is 13.9 Å². The van der Waals surface area contributed by atoms with E-state index in [-0.39, 0.29) is 17.9 Å². The molecule has 150 valence electrons. The molecule has 2 heterocycles. The zero-order valence-electron chi connectivity index (χ0n) is 16.0. The number of aliphatic hydroxyl groups is 1. The second-order valence-electron chi connectivity index (χ2n) is 7.76. The monoisotopic (exact) mass is 394 g/mol. The van der Waals surface area contributed by atoms with E-state index in [4.69, 9.17) is 0 Å². The van der Waals surface area contributed by atoms with Gasteiger partial charge in [-0.2, -0.15) is 5.10 Å². The van der Waals surface area contributed by atoms with Crippen molar-refractivity contribution in [3.8, 4) is 5.69 Å². The number of anilines is 1. The fourth-order valence-corrected chi connectivity index (χ4v) is 4.63. The Balaban J connectivity index is 1.50. The molecule has 2 aromatic carbocycles. The van der Waals surface area contributed by atoms with Gasteiger partial charge in [0, 0.05) is 18.5 Å². The van der Waals surface area contributed by atoms with E-state index in [0.29, 0.717) is 18.8 Å². The second-order valence-corrected chi connectivity index (χ2v) is 7.76. The largest absolute Gasteiger partial charge is 0.391 e. The molecule has 5 rings (SSSR count). The van der Waals surface area contributed by atoms with Gasteiger partial charge >= 0.3 is 6.03 Å². The Labute approximate surface area is 168 Å². The van der Waals surface area contributed by atoms with E-state index in [0.717, 1.165) is 42.3 Å². The lowest BCUT2D eigenvalue weighted by atomic mass is 9.91. The third kappa shape index (κ3) is 2.97. The van der Waals surface area contributed by atoms with Crippen molar-refractivity contribution in [1.29, 1.82) is 0 Å². The van der Waals surface area contributed by atoms with Gasteiger partial charge in [0.2, 0.25) is 0 Å². The quantitative estimate of drug-likeness (QED) is 0.737. The van der Waals surface area contributed by atoms with Crippen LogP contribution in [0.5, 0.6) is 0 Å². The number of fused-ring (bicyclic) bond motifs is 1. The van der Waals surface area contributed by atoms with E-state index in [2.05, 4.69) is 5.10 Å². The van der Waals surface area contributed by atoms with Gasteiger partial charge < -0.3 is 10.0 Å². The van der Waals surface area contributed by atoms with Crippen LogP contribution in [0.4, 0.5) is 14.9 Å². The van der Waals surface area contributed by atoms with E-state index in [9.17, 15) is 14.3 Å². The first kappa shape index (κ1) is 18.1. The van der Waals surface area contributed by atoms with Gasteiger partial charge in [-0.05, 0) is 37.1 Å².